The van der Waals surface area contributed by atoms with E-state index in [2.05, 4.69) is 0 Å². The van der Waals surface area contributed by atoms with Crippen LogP contribution >= 0.6 is 0 Å². The fourth-order valence-corrected chi connectivity index (χ4v) is 6.44. The lowest BCUT2D eigenvalue weighted by Gasteiger charge is -2.37. The minimum absolute atomic E-state index is 0.0927. The Hall–Kier alpha value is -3.99. The SMILES string of the molecule is CCOc1ccccc1[C@H]1[C@H](C(C)=O)N2c3ccccc3C=C[C@@H]2C12C(=O)c1ccccc1C2=O. The molecular formula is C30H25NO4. The van der Waals surface area contributed by atoms with Crippen molar-refractivity contribution in [1.82, 2.24) is 0 Å². The number of nitrogens with zero attached hydrogens (tertiary/aromatic N) is 1. The molecule has 1 saturated heterocycles. The fourth-order valence-electron chi connectivity index (χ4n) is 6.44. The molecule has 35 heavy (non-hydrogen) atoms. The summed E-state index contributed by atoms with van der Waals surface area (Å²) in [4.78, 5) is 44.2. The molecular weight excluding hydrogens is 438 g/mol. The highest BCUT2D eigenvalue weighted by Crippen LogP contribution is 2.61. The van der Waals surface area contributed by atoms with Crippen molar-refractivity contribution in [2.24, 2.45) is 5.41 Å². The molecule has 0 radical (unpaired) electrons. The topological polar surface area (TPSA) is 63.7 Å². The third kappa shape index (κ3) is 2.72. The smallest absolute Gasteiger partial charge is 0.180 e. The van der Waals surface area contributed by atoms with Gasteiger partial charge in [0.2, 0.25) is 0 Å². The maximum absolute atomic E-state index is 14.4. The molecule has 1 fully saturated rings. The van der Waals surface area contributed by atoms with Crippen LogP contribution in [0.4, 0.5) is 5.69 Å². The molecule has 0 N–H and O–H groups in total. The average molecular weight is 464 g/mol. The molecule has 5 heteroatoms. The van der Waals surface area contributed by atoms with Crippen LogP contribution < -0.4 is 9.64 Å². The van der Waals surface area contributed by atoms with Gasteiger partial charge in [0.25, 0.3) is 0 Å². The van der Waals surface area contributed by atoms with Gasteiger partial charge in [-0.3, -0.25) is 14.4 Å². The van der Waals surface area contributed by atoms with E-state index in [9.17, 15) is 14.4 Å². The van der Waals surface area contributed by atoms with Crippen molar-refractivity contribution in [3.63, 3.8) is 0 Å². The first-order valence-electron chi connectivity index (χ1n) is 12.0. The van der Waals surface area contributed by atoms with Gasteiger partial charge >= 0.3 is 0 Å². The molecule has 3 aromatic carbocycles. The molecule has 3 aromatic rings. The second kappa shape index (κ2) is 7.77. The Labute approximate surface area is 204 Å². The lowest BCUT2D eigenvalue weighted by molar-refractivity contribution is -0.118. The average Bonchev–Trinajstić information content (AvgIpc) is 3.31. The second-order valence-electron chi connectivity index (χ2n) is 9.35. The summed E-state index contributed by atoms with van der Waals surface area (Å²) < 4.78 is 5.98. The summed E-state index contributed by atoms with van der Waals surface area (Å²) in [7, 11) is 0. The number of benzene rings is 3. The third-order valence-corrected chi connectivity index (χ3v) is 7.68. The van der Waals surface area contributed by atoms with E-state index in [-0.39, 0.29) is 17.3 Å². The summed E-state index contributed by atoms with van der Waals surface area (Å²) >= 11 is 0. The molecule has 5 nitrogen and oxygen atoms in total. The minimum atomic E-state index is -1.47. The van der Waals surface area contributed by atoms with Crippen LogP contribution in [-0.4, -0.2) is 36.0 Å². The molecule has 1 spiro atoms. The molecule has 0 bridgehead atoms. The molecule has 3 atom stereocenters. The summed E-state index contributed by atoms with van der Waals surface area (Å²) in [5, 5.41) is 0. The molecule has 174 valence electrons. The number of fused-ring (bicyclic) bond motifs is 5. The van der Waals surface area contributed by atoms with Gasteiger partial charge in [-0.15, -0.1) is 0 Å². The van der Waals surface area contributed by atoms with Crippen LogP contribution in [0, 0.1) is 5.41 Å². The van der Waals surface area contributed by atoms with Gasteiger partial charge in [-0.05, 0) is 31.5 Å². The maximum Gasteiger partial charge on any atom is 0.180 e. The molecule has 3 aliphatic rings. The maximum atomic E-state index is 14.4. The van der Waals surface area contributed by atoms with E-state index < -0.39 is 23.4 Å². The van der Waals surface area contributed by atoms with Crippen LogP contribution in [-0.2, 0) is 4.79 Å². The van der Waals surface area contributed by atoms with Gasteiger partial charge in [0, 0.05) is 28.3 Å². The predicted molar refractivity (Wildman–Crippen MR) is 134 cm³/mol. The van der Waals surface area contributed by atoms with Gasteiger partial charge in [-0.25, -0.2) is 0 Å². The van der Waals surface area contributed by atoms with Crippen molar-refractivity contribution in [3.8, 4) is 5.75 Å². The number of ether oxygens (including phenoxy) is 1. The van der Waals surface area contributed by atoms with Crippen LogP contribution in [0.1, 0.15) is 51.6 Å². The second-order valence-corrected chi connectivity index (χ2v) is 9.35. The van der Waals surface area contributed by atoms with Gasteiger partial charge in [0.05, 0.1) is 18.7 Å². The van der Waals surface area contributed by atoms with Crippen molar-refractivity contribution in [2.45, 2.75) is 31.8 Å². The number of Topliss-reactive ketones (excluding diaryl/α,β-unsaturated/α-hetero) is 3. The van der Waals surface area contributed by atoms with Crippen LogP contribution in [0.5, 0.6) is 5.75 Å². The van der Waals surface area contributed by atoms with Crippen molar-refractivity contribution in [3.05, 3.63) is 101 Å². The number of ketones is 3. The molecule has 2 aliphatic heterocycles. The monoisotopic (exact) mass is 463 g/mol. The zero-order chi connectivity index (χ0) is 24.3. The summed E-state index contributed by atoms with van der Waals surface area (Å²) in [5.41, 5.74) is 1.90. The lowest BCUT2D eigenvalue weighted by atomic mass is 9.64. The quantitative estimate of drug-likeness (QED) is 0.504. The number of hydrogen-bond acceptors (Lipinski definition) is 5. The zero-order valence-corrected chi connectivity index (χ0v) is 19.6. The molecule has 0 amide bonds. The van der Waals surface area contributed by atoms with Crippen LogP contribution in [0.2, 0.25) is 0 Å². The highest BCUT2D eigenvalue weighted by molar-refractivity contribution is 6.32. The highest BCUT2D eigenvalue weighted by Gasteiger charge is 2.71. The number of carbonyl (C=O) groups excluding carboxylic acids is 3. The summed E-state index contributed by atoms with van der Waals surface area (Å²) in [5.74, 6) is -0.658. The van der Waals surface area contributed by atoms with Crippen LogP contribution in [0.25, 0.3) is 6.08 Å². The first-order chi connectivity index (χ1) is 17.0. The van der Waals surface area contributed by atoms with Crippen molar-refractivity contribution < 1.29 is 19.1 Å². The zero-order valence-electron chi connectivity index (χ0n) is 19.6. The summed E-state index contributed by atoms with van der Waals surface area (Å²) in [6.07, 6.45) is 3.90. The standard InChI is InChI=1S/C30H25NO4/c1-3-35-24-15-9-7-13-22(24)26-27(18(2)32)31-23-14-8-4-10-19(23)16-17-25(31)30(26)28(33)20-11-5-6-12-21(20)29(30)34/h4-17,25-27H,3H2,1-2H3/t25-,26+,27+/m1/s1. The van der Waals surface area contributed by atoms with E-state index >= 15 is 0 Å². The summed E-state index contributed by atoms with van der Waals surface area (Å²) in [6.45, 7) is 3.88. The Morgan fingerprint density at radius 2 is 1.54 bits per heavy atom. The van der Waals surface area contributed by atoms with Crippen LogP contribution in [0.15, 0.2) is 78.9 Å². The van der Waals surface area contributed by atoms with Gasteiger partial charge < -0.3 is 9.64 Å². The van der Waals surface area contributed by atoms with Crippen molar-refractivity contribution >= 4 is 29.1 Å². The molecule has 0 aromatic heterocycles. The van der Waals surface area contributed by atoms with E-state index in [4.69, 9.17) is 4.74 Å². The molecule has 0 saturated carbocycles. The van der Waals surface area contributed by atoms with E-state index in [0.717, 1.165) is 11.3 Å². The van der Waals surface area contributed by atoms with Gasteiger partial charge in [0.1, 0.15) is 11.2 Å². The van der Waals surface area contributed by atoms with E-state index in [1.54, 1.807) is 31.2 Å². The molecule has 0 unspecified atom stereocenters. The van der Waals surface area contributed by atoms with Crippen molar-refractivity contribution in [2.75, 3.05) is 11.5 Å². The molecule has 6 rings (SSSR count). The third-order valence-electron chi connectivity index (χ3n) is 7.68. The first-order valence-corrected chi connectivity index (χ1v) is 12.0. The number of para-hydroxylation sites is 2. The highest BCUT2D eigenvalue weighted by atomic mass is 16.5. The molecule has 1 aliphatic carbocycles. The normalized spacial score (nSPS) is 23.3. The Morgan fingerprint density at radius 1 is 0.914 bits per heavy atom. The molecule has 2 heterocycles. The van der Waals surface area contributed by atoms with Crippen molar-refractivity contribution in [1.29, 1.82) is 0 Å². The van der Waals surface area contributed by atoms with Gasteiger partial charge in [0.15, 0.2) is 17.3 Å². The van der Waals surface area contributed by atoms with Crippen LogP contribution in [0.3, 0.4) is 0 Å². The van der Waals surface area contributed by atoms with E-state index in [1.807, 2.05) is 72.5 Å². The van der Waals surface area contributed by atoms with E-state index in [0.29, 0.717) is 29.0 Å². The first kappa shape index (κ1) is 21.5. The van der Waals surface area contributed by atoms with E-state index in [1.165, 1.54) is 0 Å². The minimum Gasteiger partial charge on any atom is -0.494 e. The van der Waals surface area contributed by atoms with Gasteiger partial charge in [-0.2, -0.15) is 0 Å². The summed E-state index contributed by atoms with van der Waals surface area (Å²) in [6, 6.07) is 21.0. The number of anilines is 1. The Morgan fingerprint density at radius 3 is 2.23 bits per heavy atom. The Kier molecular flexibility index (Phi) is 4.78. The number of rotatable bonds is 4. The fraction of sp³-hybridized carbons (Fsp3) is 0.233. The largest absolute Gasteiger partial charge is 0.494 e. The Balaban J connectivity index is 1.69. The predicted octanol–water partition coefficient (Wildman–Crippen LogP) is 5.11. The number of hydrogen-bond donors (Lipinski definition) is 0. The van der Waals surface area contributed by atoms with Gasteiger partial charge in [-0.1, -0.05) is 72.8 Å². The lowest BCUT2D eigenvalue weighted by Crippen LogP contribution is -2.48. The Bertz CT molecular complexity index is 1390. The number of carbonyl (C=O) groups is 3.